The molecule has 0 aliphatic carbocycles. The zero-order valence-corrected chi connectivity index (χ0v) is 11.0. The predicted molar refractivity (Wildman–Crippen MR) is 77.8 cm³/mol. The van der Waals surface area contributed by atoms with Crippen LogP contribution in [0.15, 0.2) is 30.5 Å². The second-order valence-electron chi connectivity index (χ2n) is 5.11. The molecule has 0 saturated carbocycles. The number of nitrogens with zero attached hydrogens (tertiary/aromatic N) is 3. The molecule has 6 heteroatoms. The number of nitro benzene ring substituents is 1. The molecule has 1 aromatic heterocycles. The van der Waals surface area contributed by atoms with Crippen LogP contribution >= 0.6 is 0 Å². The van der Waals surface area contributed by atoms with Gasteiger partial charge in [0.2, 0.25) is 0 Å². The fraction of sp³-hybridized carbons (Fsp3) is 0.357. The van der Waals surface area contributed by atoms with Crippen molar-refractivity contribution in [1.29, 1.82) is 0 Å². The van der Waals surface area contributed by atoms with Gasteiger partial charge in [0.25, 0.3) is 5.69 Å². The summed E-state index contributed by atoms with van der Waals surface area (Å²) < 4.78 is 0. The van der Waals surface area contributed by atoms with Gasteiger partial charge in [0.1, 0.15) is 5.52 Å². The minimum atomic E-state index is -0.365. The zero-order chi connectivity index (χ0) is 14.1. The fourth-order valence-corrected chi connectivity index (χ4v) is 2.79. The molecule has 3 rings (SSSR count). The first-order valence-electron chi connectivity index (χ1n) is 6.69. The summed E-state index contributed by atoms with van der Waals surface area (Å²) in [6, 6.07) is 6.96. The van der Waals surface area contributed by atoms with Crippen LogP contribution in [-0.2, 0) is 0 Å². The Morgan fingerprint density at radius 1 is 1.40 bits per heavy atom. The maximum Gasteiger partial charge on any atom is 0.278 e. The van der Waals surface area contributed by atoms with Crippen LogP contribution in [-0.4, -0.2) is 29.0 Å². The maximum atomic E-state index is 11.1. The molecular formula is C14H16N4O2. The normalized spacial score (nSPS) is 19.2. The molecule has 6 nitrogen and oxygen atoms in total. The molecule has 2 N–H and O–H groups in total. The molecule has 1 saturated heterocycles. The number of piperidine rings is 1. The Morgan fingerprint density at radius 3 is 3.00 bits per heavy atom. The van der Waals surface area contributed by atoms with E-state index in [0.29, 0.717) is 10.9 Å². The van der Waals surface area contributed by atoms with E-state index in [4.69, 9.17) is 5.73 Å². The summed E-state index contributed by atoms with van der Waals surface area (Å²) in [5.74, 6) is 0. The average molecular weight is 272 g/mol. The lowest BCUT2D eigenvalue weighted by Gasteiger charge is -2.33. The number of pyridine rings is 1. The predicted octanol–water partition coefficient (Wildman–Crippen LogP) is 2.07. The molecule has 1 unspecified atom stereocenters. The topological polar surface area (TPSA) is 85.3 Å². The van der Waals surface area contributed by atoms with E-state index in [-0.39, 0.29) is 16.7 Å². The van der Waals surface area contributed by atoms with Gasteiger partial charge in [-0.2, -0.15) is 0 Å². The molecule has 1 aliphatic rings. The molecule has 0 amide bonds. The highest BCUT2D eigenvalue weighted by Gasteiger charge is 2.22. The van der Waals surface area contributed by atoms with Crippen molar-refractivity contribution in [1.82, 2.24) is 4.98 Å². The van der Waals surface area contributed by atoms with E-state index in [1.165, 1.54) is 0 Å². The second kappa shape index (κ2) is 5.05. The quantitative estimate of drug-likeness (QED) is 0.668. The number of benzene rings is 1. The highest BCUT2D eigenvalue weighted by Crippen LogP contribution is 2.33. The number of nitrogens with two attached hydrogens (primary N) is 1. The van der Waals surface area contributed by atoms with Gasteiger partial charge >= 0.3 is 0 Å². The fourth-order valence-electron chi connectivity index (χ4n) is 2.79. The van der Waals surface area contributed by atoms with Gasteiger partial charge in [0.15, 0.2) is 0 Å². The molecule has 0 spiro atoms. The van der Waals surface area contributed by atoms with E-state index in [1.54, 1.807) is 30.5 Å². The van der Waals surface area contributed by atoms with Crippen LogP contribution in [0.1, 0.15) is 12.8 Å². The maximum absolute atomic E-state index is 11.1. The number of rotatable bonds is 2. The minimum absolute atomic E-state index is 0.0955. The third-order valence-corrected chi connectivity index (χ3v) is 3.72. The SMILES string of the molecule is NC1CCCN(c2ccc([N+](=O)[O-])c3cccnc23)C1. The van der Waals surface area contributed by atoms with Crippen LogP contribution in [0.25, 0.3) is 10.9 Å². The minimum Gasteiger partial charge on any atom is -0.368 e. The molecule has 2 aromatic rings. The van der Waals surface area contributed by atoms with E-state index in [1.807, 2.05) is 0 Å². The first-order chi connectivity index (χ1) is 9.66. The van der Waals surface area contributed by atoms with Crippen molar-refractivity contribution in [3.05, 3.63) is 40.6 Å². The van der Waals surface area contributed by atoms with Gasteiger partial charge in [-0.1, -0.05) is 0 Å². The van der Waals surface area contributed by atoms with Gasteiger partial charge in [-0.25, -0.2) is 0 Å². The van der Waals surface area contributed by atoms with Crippen molar-refractivity contribution in [3.63, 3.8) is 0 Å². The third-order valence-electron chi connectivity index (χ3n) is 3.72. The molecule has 1 aliphatic heterocycles. The molecule has 2 heterocycles. The molecule has 1 atom stereocenters. The number of non-ortho nitro benzene ring substituents is 1. The van der Waals surface area contributed by atoms with Crippen LogP contribution in [0, 0.1) is 10.1 Å². The van der Waals surface area contributed by atoms with Gasteiger partial charge < -0.3 is 10.6 Å². The largest absolute Gasteiger partial charge is 0.368 e. The van der Waals surface area contributed by atoms with Crippen LogP contribution in [0.3, 0.4) is 0 Å². The van der Waals surface area contributed by atoms with E-state index in [2.05, 4.69) is 9.88 Å². The monoisotopic (exact) mass is 272 g/mol. The van der Waals surface area contributed by atoms with Crippen molar-refractivity contribution >= 4 is 22.3 Å². The average Bonchev–Trinajstić information content (AvgIpc) is 2.46. The number of aromatic nitrogens is 1. The van der Waals surface area contributed by atoms with E-state index < -0.39 is 0 Å². The summed E-state index contributed by atoms with van der Waals surface area (Å²) in [7, 11) is 0. The van der Waals surface area contributed by atoms with Crippen molar-refractivity contribution in [3.8, 4) is 0 Å². The Labute approximate surface area is 116 Å². The van der Waals surface area contributed by atoms with Crippen LogP contribution in [0.4, 0.5) is 11.4 Å². The van der Waals surface area contributed by atoms with Crippen LogP contribution in [0.5, 0.6) is 0 Å². The summed E-state index contributed by atoms with van der Waals surface area (Å²) in [5.41, 5.74) is 7.72. The van der Waals surface area contributed by atoms with Gasteiger partial charge in [-0.05, 0) is 31.0 Å². The smallest absolute Gasteiger partial charge is 0.278 e. The number of anilines is 1. The number of hydrogen-bond donors (Lipinski definition) is 1. The molecule has 104 valence electrons. The summed E-state index contributed by atoms with van der Waals surface area (Å²) >= 11 is 0. The molecule has 1 aromatic carbocycles. The Balaban J connectivity index is 2.12. The summed E-state index contributed by atoms with van der Waals surface area (Å²) in [6.45, 7) is 1.68. The van der Waals surface area contributed by atoms with E-state index >= 15 is 0 Å². The van der Waals surface area contributed by atoms with E-state index in [9.17, 15) is 10.1 Å². The third kappa shape index (κ3) is 2.18. The summed E-state index contributed by atoms with van der Waals surface area (Å²) in [4.78, 5) is 17.2. The van der Waals surface area contributed by atoms with Crippen molar-refractivity contribution in [2.24, 2.45) is 5.73 Å². The number of hydrogen-bond acceptors (Lipinski definition) is 5. The van der Waals surface area contributed by atoms with Crippen molar-refractivity contribution < 1.29 is 4.92 Å². The molecule has 0 bridgehead atoms. The number of nitro groups is 1. The Hall–Kier alpha value is -2.21. The first kappa shape index (κ1) is 12.8. The summed E-state index contributed by atoms with van der Waals surface area (Å²) in [6.07, 6.45) is 3.72. The molecular weight excluding hydrogens is 256 g/mol. The van der Waals surface area contributed by atoms with Gasteiger partial charge in [-0.15, -0.1) is 0 Å². The lowest BCUT2D eigenvalue weighted by molar-refractivity contribution is -0.383. The standard InChI is InChI=1S/C14H16N4O2/c15-10-3-2-8-17(9-10)13-6-5-12(18(19)20)11-4-1-7-16-14(11)13/h1,4-7,10H,2-3,8-9,15H2. The second-order valence-corrected chi connectivity index (χ2v) is 5.11. The van der Waals surface area contributed by atoms with Crippen molar-refractivity contribution in [2.45, 2.75) is 18.9 Å². The molecule has 20 heavy (non-hydrogen) atoms. The summed E-state index contributed by atoms with van der Waals surface area (Å²) in [5, 5.41) is 11.7. The van der Waals surface area contributed by atoms with Crippen LogP contribution in [0.2, 0.25) is 0 Å². The number of fused-ring (bicyclic) bond motifs is 1. The lowest BCUT2D eigenvalue weighted by atomic mass is 10.0. The van der Waals surface area contributed by atoms with Gasteiger partial charge in [0.05, 0.1) is 16.0 Å². The Morgan fingerprint density at radius 2 is 2.25 bits per heavy atom. The zero-order valence-electron chi connectivity index (χ0n) is 11.0. The van der Waals surface area contributed by atoms with Crippen LogP contribution < -0.4 is 10.6 Å². The Kier molecular flexibility index (Phi) is 3.23. The lowest BCUT2D eigenvalue weighted by Crippen LogP contribution is -2.42. The van der Waals surface area contributed by atoms with Crippen molar-refractivity contribution in [2.75, 3.05) is 18.0 Å². The van der Waals surface area contributed by atoms with Gasteiger partial charge in [0, 0.05) is 31.4 Å². The molecule has 0 radical (unpaired) electrons. The van der Waals surface area contributed by atoms with E-state index in [0.717, 1.165) is 31.6 Å². The highest BCUT2D eigenvalue weighted by molar-refractivity contribution is 5.97. The Bertz CT molecular complexity index is 659. The molecule has 1 fully saturated rings. The first-order valence-corrected chi connectivity index (χ1v) is 6.69. The van der Waals surface area contributed by atoms with Gasteiger partial charge in [-0.3, -0.25) is 15.1 Å². The highest BCUT2D eigenvalue weighted by atomic mass is 16.6.